The average Bonchev–Trinajstić information content (AvgIpc) is 3.26. The van der Waals surface area contributed by atoms with Crippen molar-refractivity contribution < 1.29 is 14.2 Å². The summed E-state index contributed by atoms with van der Waals surface area (Å²) in [6.07, 6.45) is 3.66. The summed E-state index contributed by atoms with van der Waals surface area (Å²) >= 11 is 0. The SMILES string of the molecule is CN=C(NCc1ccc(C)cc1OCC1CCOC1)NCC1CCCOC1C(C)(C)C. The highest BCUT2D eigenvalue weighted by Crippen LogP contribution is 2.33. The number of aliphatic imine (C=N–C) groups is 1. The minimum atomic E-state index is 0.141. The van der Waals surface area contributed by atoms with Crippen molar-refractivity contribution in [1.29, 1.82) is 0 Å². The lowest BCUT2D eigenvalue weighted by atomic mass is 9.78. The molecule has 2 aliphatic heterocycles. The largest absolute Gasteiger partial charge is 0.493 e. The summed E-state index contributed by atoms with van der Waals surface area (Å²) < 4.78 is 17.8. The monoisotopic (exact) mass is 431 g/mol. The molecule has 174 valence electrons. The van der Waals surface area contributed by atoms with Crippen molar-refractivity contribution in [2.75, 3.05) is 40.0 Å². The van der Waals surface area contributed by atoms with E-state index in [0.29, 0.717) is 25.0 Å². The predicted octanol–water partition coefficient (Wildman–Crippen LogP) is 3.92. The fourth-order valence-electron chi connectivity index (χ4n) is 4.50. The van der Waals surface area contributed by atoms with Crippen molar-refractivity contribution in [2.24, 2.45) is 22.2 Å². The second-order valence-electron chi connectivity index (χ2n) is 10.0. The van der Waals surface area contributed by atoms with Crippen LogP contribution in [0.2, 0.25) is 0 Å². The molecule has 0 spiro atoms. The van der Waals surface area contributed by atoms with E-state index in [-0.39, 0.29) is 11.5 Å². The molecule has 1 aromatic carbocycles. The molecule has 0 bridgehead atoms. The van der Waals surface area contributed by atoms with Crippen LogP contribution in [0.3, 0.4) is 0 Å². The van der Waals surface area contributed by atoms with E-state index in [1.54, 1.807) is 0 Å². The number of aryl methyl sites for hydroxylation is 1. The van der Waals surface area contributed by atoms with E-state index in [9.17, 15) is 0 Å². The summed E-state index contributed by atoms with van der Waals surface area (Å²) in [5.74, 6) is 2.74. The first-order valence-electron chi connectivity index (χ1n) is 11.7. The summed E-state index contributed by atoms with van der Waals surface area (Å²) in [5, 5.41) is 6.98. The Balaban J connectivity index is 1.54. The van der Waals surface area contributed by atoms with Crippen molar-refractivity contribution >= 4 is 5.96 Å². The van der Waals surface area contributed by atoms with Gasteiger partial charge in [0, 0.05) is 50.8 Å². The second-order valence-corrected chi connectivity index (χ2v) is 10.0. The molecule has 0 saturated carbocycles. The topological polar surface area (TPSA) is 64.1 Å². The molecule has 31 heavy (non-hydrogen) atoms. The van der Waals surface area contributed by atoms with Gasteiger partial charge in [0.15, 0.2) is 5.96 Å². The molecular weight excluding hydrogens is 390 g/mol. The van der Waals surface area contributed by atoms with E-state index in [0.717, 1.165) is 56.5 Å². The molecule has 0 radical (unpaired) electrons. The van der Waals surface area contributed by atoms with Crippen molar-refractivity contribution in [1.82, 2.24) is 10.6 Å². The number of rotatable bonds is 7. The van der Waals surface area contributed by atoms with Gasteiger partial charge in [-0.15, -0.1) is 0 Å². The third-order valence-corrected chi connectivity index (χ3v) is 6.22. The number of hydrogen-bond donors (Lipinski definition) is 2. The Kier molecular flexibility index (Phi) is 8.61. The van der Waals surface area contributed by atoms with Crippen LogP contribution in [0, 0.1) is 24.2 Å². The van der Waals surface area contributed by atoms with Crippen LogP contribution in [0.4, 0.5) is 0 Å². The number of nitrogens with zero attached hydrogens (tertiary/aromatic N) is 1. The molecule has 2 aliphatic rings. The van der Waals surface area contributed by atoms with Crippen LogP contribution in [0.5, 0.6) is 5.75 Å². The molecule has 3 unspecified atom stereocenters. The highest BCUT2D eigenvalue weighted by Gasteiger charge is 2.35. The number of benzene rings is 1. The maximum Gasteiger partial charge on any atom is 0.191 e. The van der Waals surface area contributed by atoms with Gasteiger partial charge in [-0.2, -0.15) is 0 Å². The van der Waals surface area contributed by atoms with Crippen molar-refractivity contribution in [3.63, 3.8) is 0 Å². The van der Waals surface area contributed by atoms with Gasteiger partial charge in [0.05, 0.1) is 19.3 Å². The van der Waals surface area contributed by atoms with Gasteiger partial charge >= 0.3 is 0 Å². The predicted molar refractivity (Wildman–Crippen MR) is 126 cm³/mol. The normalized spacial score (nSPS) is 24.8. The van der Waals surface area contributed by atoms with E-state index in [1.165, 1.54) is 12.0 Å². The summed E-state index contributed by atoms with van der Waals surface area (Å²) in [5.41, 5.74) is 2.48. The lowest BCUT2D eigenvalue weighted by Gasteiger charge is -2.40. The summed E-state index contributed by atoms with van der Waals surface area (Å²) in [4.78, 5) is 4.43. The maximum absolute atomic E-state index is 6.18. The Morgan fingerprint density at radius 1 is 1.19 bits per heavy atom. The molecular formula is C25H41N3O3. The average molecular weight is 432 g/mol. The molecule has 2 fully saturated rings. The summed E-state index contributed by atoms with van der Waals surface area (Å²) in [6, 6.07) is 6.39. The van der Waals surface area contributed by atoms with E-state index >= 15 is 0 Å². The molecule has 6 nitrogen and oxygen atoms in total. The number of ether oxygens (including phenoxy) is 3. The molecule has 0 amide bonds. The standard InChI is InChI=1S/C25H41N3O3/c1-18-8-9-20(22(13-18)31-17-19-10-12-29-16-19)14-27-24(26-5)28-15-21-7-6-11-30-23(21)25(2,3)4/h8-9,13,19,21,23H,6-7,10-12,14-17H2,1-5H3,(H2,26,27,28). The third kappa shape index (κ3) is 7.11. The Hall–Kier alpha value is -1.79. The molecule has 3 atom stereocenters. The molecule has 0 aromatic heterocycles. The summed E-state index contributed by atoms with van der Waals surface area (Å²) in [6.45, 7) is 13.6. The molecule has 0 aliphatic carbocycles. The van der Waals surface area contributed by atoms with Crippen molar-refractivity contribution in [2.45, 2.75) is 59.6 Å². The number of hydrogen-bond acceptors (Lipinski definition) is 4. The molecule has 2 saturated heterocycles. The Labute approximate surface area is 188 Å². The first kappa shape index (κ1) is 23.9. The van der Waals surface area contributed by atoms with E-state index < -0.39 is 0 Å². The van der Waals surface area contributed by atoms with Crippen LogP contribution in [-0.2, 0) is 16.0 Å². The van der Waals surface area contributed by atoms with Gasteiger partial charge in [-0.25, -0.2) is 0 Å². The highest BCUT2D eigenvalue weighted by atomic mass is 16.5. The molecule has 2 N–H and O–H groups in total. The van der Waals surface area contributed by atoms with Gasteiger partial charge in [-0.3, -0.25) is 4.99 Å². The fraction of sp³-hybridized carbons (Fsp3) is 0.720. The van der Waals surface area contributed by atoms with Gasteiger partial charge in [0.1, 0.15) is 5.75 Å². The zero-order valence-electron chi connectivity index (χ0n) is 20.0. The van der Waals surface area contributed by atoms with Crippen LogP contribution in [0.25, 0.3) is 0 Å². The van der Waals surface area contributed by atoms with E-state index in [2.05, 4.69) is 61.5 Å². The van der Waals surface area contributed by atoms with Crippen molar-refractivity contribution in [3.05, 3.63) is 29.3 Å². The first-order chi connectivity index (χ1) is 14.9. The maximum atomic E-state index is 6.18. The lowest BCUT2D eigenvalue weighted by molar-refractivity contribution is -0.0835. The molecule has 3 rings (SSSR count). The van der Waals surface area contributed by atoms with Crippen LogP contribution in [0.15, 0.2) is 23.2 Å². The second kappa shape index (κ2) is 11.2. The summed E-state index contributed by atoms with van der Waals surface area (Å²) in [7, 11) is 1.82. The number of guanidine groups is 1. The molecule has 2 heterocycles. The molecule has 6 heteroatoms. The smallest absolute Gasteiger partial charge is 0.191 e. The van der Waals surface area contributed by atoms with Gasteiger partial charge in [-0.05, 0) is 43.2 Å². The fourth-order valence-corrected chi connectivity index (χ4v) is 4.50. The van der Waals surface area contributed by atoms with Crippen LogP contribution < -0.4 is 15.4 Å². The van der Waals surface area contributed by atoms with Crippen LogP contribution >= 0.6 is 0 Å². The zero-order valence-corrected chi connectivity index (χ0v) is 20.0. The van der Waals surface area contributed by atoms with Gasteiger partial charge < -0.3 is 24.8 Å². The lowest BCUT2D eigenvalue weighted by Crippen LogP contribution is -2.47. The van der Waals surface area contributed by atoms with Crippen LogP contribution in [0.1, 0.15) is 51.2 Å². The zero-order chi connectivity index (χ0) is 22.3. The Bertz CT molecular complexity index is 723. The van der Waals surface area contributed by atoms with Crippen LogP contribution in [-0.4, -0.2) is 52.1 Å². The van der Waals surface area contributed by atoms with Gasteiger partial charge in [-0.1, -0.05) is 32.9 Å². The minimum absolute atomic E-state index is 0.141. The number of nitrogens with one attached hydrogen (secondary N) is 2. The highest BCUT2D eigenvalue weighted by molar-refractivity contribution is 5.79. The minimum Gasteiger partial charge on any atom is -0.493 e. The van der Waals surface area contributed by atoms with E-state index in [1.807, 2.05) is 7.05 Å². The van der Waals surface area contributed by atoms with Gasteiger partial charge in [0.2, 0.25) is 0 Å². The third-order valence-electron chi connectivity index (χ3n) is 6.22. The Morgan fingerprint density at radius 2 is 2.03 bits per heavy atom. The van der Waals surface area contributed by atoms with E-state index in [4.69, 9.17) is 14.2 Å². The van der Waals surface area contributed by atoms with Crippen molar-refractivity contribution in [3.8, 4) is 5.75 Å². The quantitative estimate of drug-likeness (QED) is 0.506. The molecule has 1 aromatic rings. The first-order valence-corrected chi connectivity index (χ1v) is 11.7. The van der Waals surface area contributed by atoms with Gasteiger partial charge in [0.25, 0.3) is 0 Å². The Morgan fingerprint density at radius 3 is 2.74 bits per heavy atom.